The molecule has 11 atom stereocenters. The standard InChI is InChI=1S/C29H51ClN6O4/c1-5-38-26-13-23-21(12-24(26)35-27(37)7-6-10-36(3)4)29(19(14-31)16-32-23)34-20-8-9-25(22(30)11-20)39-17-28-33-15-18(2)40-28/h18-26,28-29,32-34H,5-13,15-17H2,1-4H3,(H,35,37). The predicted molar refractivity (Wildman–Crippen MR) is 155 cm³/mol. The van der Waals surface area contributed by atoms with Gasteiger partial charge in [-0.1, -0.05) is 0 Å². The van der Waals surface area contributed by atoms with Gasteiger partial charge in [0.05, 0.1) is 48.3 Å². The molecule has 228 valence electrons. The minimum atomic E-state index is -0.142. The Bertz CT molecular complexity index is 846. The first-order chi connectivity index (χ1) is 19.3. The zero-order valence-corrected chi connectivity index (χ0v) is 25.5. The highest BCUT2D eigenvalue weighted by Gasteiger charge is 2.47. The van der Waals surface area contributed by atoms with Crippen LogP contribution in [0.3, 0.4) is 0 Å². The summed E-state index contributed by atoms with van der Waals surface area (Å²) >= 11 is 6.84. The Morgan fingerprint density at radius 2 is 1.98 bits per heavy atom. The van der Waals surface area contributed by atoms with Gasteiger partial charge in [0, 0.05) is 44.2 Å². The molecule has 0 spiro atoms. The molecule has 4 fully saturated rings. The normalized spacial score (nSPS) is 40.0. The van der Waals surface area contributed by atoms with Crippen LogP contribution in [-0.4, -0.2) is 112 Å². The number of halogens is 1. The van der Waals surface area contributed by atoms with Crippen LogP contribution in [0.4, 0.5) is 0 Å². The van der Waals surface area contributed by atoms with E-state index >= 15 is 0 Å². The maximum Gasteiger partial charge on any atom is 0.220 e. The molecule has 10 nitrogen and oxygen atoms in total. The Morgan fingerprint density at radius 3 is 2.65 bits per heavy atom. The number of hydrogen-bond acceptors (Lipinski definition) is 9. The van der Waals surface area contributed by atoms with Gasteiger partial charge in [0.25, 0.3) is 0 Å². The lowest BCUT2D eigenvalue weighted by atomic mass is 9.69. The smallest absolute Gasteiger partial charge is 0.220 e. The number of fused-ring (bicyclic) bond motifs is 1. The van der Waals surface area contributed by atoms with Gasteiger partial charge in [-0.05, 0) is 78.9 Å². The van der Waals surface area contributed by atoms with Gasteiger partial charge in [-0.25, -0.2) is 0 Å². The summed E-state index contributed by atoms with van der Waals surface area (Å²) in [6.45, 7) is 7.57. The molecule has 0 bridgehead atoms. The molecule has 2 heterocycles. The summed E-state index contributed by atoms with van der Waals surface area (Å²) < 4.78 is 18.1. The van der Waals surface area contributed by atoms with E-state index in [4.69, 9.17) is 25.8 Å². The van der Waals surface area contributed by atoms with E-state index in [9.17, 15) is 10.1 Å². The lowest BCUT2D eigenvalue weighted by Gasteiger charge is -2.50. The topological polar surface area (TPSA) is 120 Å². The molecule has 0 radical (unpaired) electrons. The first-order valence-corrected chi connectivity index (χ1v) is 15.8. The Morgan fingerprint density at radius 1 is 1.15 bits per heavy atom. The second-order valence-corrected chi connectivity index (χ2v) is 13.0. The van der Waals surface area contributed by atoms with Crippen LogP contribution in [0.2, 0.25) is 0 Å². The van der Waals surface area contributed by atoms with Crippen LogP contribution in [-0.2, 0) is 19.0 Å². The maximum atomic E-state index is 12.8. The van der Waals surface area contributed by atoms with Gasteiger partial charge in [-0.2, -0.15) is 5.26 Å². The first kappa shape index (κ1) is 31.9. The molecule has 2 aliphatic carbocycles. The summed E-state index contributed by atoms with van der Waals surface area (Å²) in [4.78, 5) is 14.9. The number of ether oxygens (including phenoxy) is 3. The minimum absolute atomic E-state index is 0.00211. The zero-order valence-electron chi connectivity index (χ0n) is 24.7. The third-order valence-corrected chi connectivity index (χ3v) is 9.47. The zero-order chi connectivity index (χ0) is 28.6. The molecule has 4 aliphatic rings. The third kappa shape index (κ3) is 8.74. The molecule has 1 amide bonds. The van der Waals surface area contributed by atoms with Crippen molar-refractivity contribution in [3.8, 4) is 6.07 Å². The molecular weight excluding hydrogens is 532 g/mol. The Balaban J connectivity index is 1.34. The van der Waals surface area contributed by atoms with Crippen molar-refractivity contribution in [3.05, 3.63) is 0 Å². The summed E-state index contributed by atoms with van der Waals surface area (Å²) in [7, 11) is 4.04. The Kier molecular flexibility index (Phi) is 12.3. The van der Waals surface area contributed by atoms with E-state index in [1.54, 1.807) is 0 Å². The number of carbonyl (C=O) groups is 1. The van der Waals surface area contributed by atoms with Gasteiger partial charge in [-0.15, -0.1) is 11.6 Å². The number of nitrogens with one attached hydrogen (secondary N) is 4. The van der Waals surface area contributed by atoms with E-state index in [-0.39, 0.29) is 71.8 Å². The first-order valence-electron chi connectivity index (χ1n) is 15.4. The van der Waals surface area contributed by atoms with Crippen LogP contribution in [0, 0.1) is 23.2 Å². The van der Waals surface area contributed by atoms with Crippen molar-refractivity contribution in [2.24, 2.45) is 11.8 Å². The Labute approximate surface area is 245 Å². The third-order valence-electron chi connectivity index (χ3n) is 9.01. The fourth-order valence-electron chi connectivity index (χ4n) is 6.97. The number of piperidine rings is 1. The van der Waals surface area contributed by atoms with Gasteiger partial charge in [0.2, 0.25) is 5.91 Å². The van der Waals surface area contributed by atoms with Crippen LogP contribution in [0.5, 0.6) is 0 Å². The van der Waals surface area contributed by atoms with Crippen LogP contribution in [0.1, 0.15) is 58.8 Å². The maximum absolute atomic E-state index is 12.8. The molecule has 2 aliphatic heterocycles. The molecule has 11 heteroatoms. The van der Waals surface area contributed by atoms with Crippen LogP contribution in [0.15, 0.2) is 0 Å². The average molecular weight is 583 g/mol. The summed E-state index contributed by atoms with van der Waals surface area (Å²) in [5.41, 5.74) is 0. The SMILES string of the molecule is CCOC1CC2NCC(C#N)C(NC3CCC(OCC4NCC(C)O4)C(Cl)C3)C2CC1NC(=O)CCCN(C)C. The number of carbonyl (C=O) groups excluding carboxylic acids is 1. The number of rotatable bonds is 12. The largest absolute Gasteiger partial charge is 0.376 e. The summed E-state index contributed by atoms with van der Waals surface area (Å²) in [5.74, 6) is 0.158. The molecule has 0 aromatic heterocycles. The van der Waals surface area contributed by atoms with Gasteiger partial charge in [0.1, 0.15) is 6.23 Å². The van der Waals surface area contributed by atoms with Crippen molar-refractivity contribution in [1.29, 1.82) is 5.26 Å². The molecular formula is C29H51ClN6O4. The molecule has 11 unspecified atom stereocenters. The molecule has 2 saturated heterocycles. The predicted octanol–water partition coefficient (Wildman–Crippen LogP) is 1.58. The van der Waals surface area contributed by atoms with Gasteiger partial charge >= 0.3 is 0 Å². The quantitative estimate of drug-likeness (QED) is 0.254. The van der Waals surface area contributed by atoms with Crippen molar-refractivity contribution in [1.82, 2.24) is 26.2 Å². The van der Waals surface area contributed by atoms with Crippen LogP contribution >= 0.6 is 11.6 Å². The van der Waals surface area contributed by atoms with Gasteiger partial charge < -0.3 is 35.1 Å². The van der Waals surface area contributed by atoms with Crippen molar-refractivity contribution in [2.45, 2.75) is 113 Å². The van der Waals surface area contributed by atoms with E-state index in [1.165, 1.54) is 0 Å². The lowest BCUT2D eigenvalue weighted by Crippen LogP contribution is -2.66. The van der Waals surface area contributed by atoms with Crippen molar-refractivity contribution in [3.63, 3.8) is 0 Å². The van der Waals surface area contributed by atoms with Crippen LogP contribution in [0.25, 0.3) is 0 Å². The van der Waals surface area contributed by atoms with Crippen molar-refractivity contribution < 1.29 is 19.0 Å². The van der Waals surface area contributed by atoms with Crippen molar-refractivity contribution in [2.75, 3.05) is 46.9 Å². The van der Waals surface area contributed by atoms with E-state index in [0.717, 1.165) is 51.6 Å². The second-order valence-electron chi connectivity index (χ2n) is 12.4. The second kappa shape index (κ2) is 15.4. The molecule has 4 N–H and O–H groups in total. The lowest BCUT2D eigenvalue weighted by molar-refractivity contribution is -0.124. The fraction of sp³-hybridized carbons (Fsp3) is 0.931. The van der Waals surface area contributed by atoms with Gasteiger partial charge in [0.15, 0.2) is 0 Å². The molecule has 0 aromatic carbocycles. The Hall–Kier alpha value is -1.03. The van der Waals surface area contributed by atoms with Crippen LogP contribution < -0.4 is 21.3 Å². The molecule has 0 aromatic rings. The fourth-order valence-corrected chi connectivity index (χ4v) is 7.38. The number of nitrogens with zero attached hydrogens (tertiary/aromatic N) is 2. The molecule has 4 rings (SSSR count). The van der Waals surface area contributed by atoms with E-state index in [1.807, 2.05) is 21.0 Å². The molecule has 40 heavy (non-hydrogen) atoms. The summed E-state index contributed by atoms with van der Waals surface area (Å²) in [6, 6.07) is 3.01. The van der Waals surface area contributed by atoms with E-state index in [2.05, 4.69) is 39.2 Å². The highest BCUT2D eigenvalue weighted by Crippen LogP contribution is 2.36. The summed E-state index contributed by atoms with van der Waals surface area (Å²) in [6.07, 6.45) is 5.69. The average Bonchev–Trinajstić information content (AvgIpc) is 3.33. The summed E-state index contributed by atoms with van der Waals surface area (Å²) in [5, 5.41) is 24.1. The number of nitriles is 1. The van der Waals surface area contributed by atoms with E-state index < -0.39 is 0 Å². The number of hydrogen-bond donors (Lipinski definition) is 4. The highest BCUT2D eigenvalue weighted by atomic mass is 35.5. The number of amides is 1. The van der Waals surface area contributed by atoms with Gasteiger partial charge in [-0.3, -0.25) is 10.1 Å². The monoisotopic (exact) mass is 582 g/mol. The van der Waals surface area contributed by atoms with E-state index in [0.29, 0.717) is 26.2 Å². The number of alkyl halides is 1. The minimum Gasteiger partial charge on any atom is -0.376 e. The molecule has 2 saturated carbocycles. The highest BCUT2D eigenvalue weighted by molar-refractivity contribution is 6.21. The van der Waals surface area contributed by atoms with Crippen molar-refractivity contribution >= 4 is 17.5 Å².